The molecule has 0 saturated heterocycles. The first-order chi connectivity index (χ1) is 13.6. The fourth-order valence-corrected chi connectivity index (χ4v) is 2.80. The number of aromatic amines is 1. The Labute approximate surface area is 162 Å². The summed E-state index contributed by atoms with van der Waals surface area (Å²) in [6.07, 6.45) is 1.48. The van der Waals surface area contributed by atoms with E-state index in [1.165, 1.54) is 20.4 Å². The Kier molecular flexibility index (Phi) is 5.69. The first-order valence-corrected chi connectivity index (χ1v) is 8.40. The maximum atomic E-state index is 12.4. The third-order valence-corrected chi connectivity index (χ3v) is 4.18. The van der Waals surface area contributed by atoms with E-state index in [-0.39, 0.29) is 5.91 Å². The third-order valence-electron chi connectivity index (χ3n) is 4.18. The molecule has 3 rings (SSSR count). The van der Waals surface area contributed by atoms with Crippen LogP contribution in [0.15, 0.2) is 41.5 Å². The zero-order chi connectivity index (χ0) is 20.1. The highest BCUT2D eigenvalue weighted by molar-refractivity contribution is 5.98. The molecule has 0 aliphatic rings. The molecule has 28 heavy (non-hydrogen) atoms. The number of ether oxygens (including phenoxy) is 4. The summed E-state index contributed by atoms with van der Waals surface area (Å²) in [5.41, 5.74) is 4.31. The van der Waals surface area contributed by atoms with Gasteiger partial charge in [-0.05, 0) is 30.3 Å². The number of benzene rings is 2. The van der Waals surface area contributed by atoms with Gasteiger partial charge in [0.25, 0.3) is 5.91 Å². The molecule has 0 spiro atoms. The summed E-state index contributed by atoms with van der Waals surface area (Å²) < 4.78 is 21.2. The minimum absolute atomic E-state index is 0.370. The molecule has 0 atom stereocenters. The number of amides is 1. The minimum Gasteiger partial charge on any atom is -0.497 e. The zero-order valence-electron chi connectivity index (χ0n) is 16.0. The van der Waals surface area contributed by atoms with Crippen LogP contribution in [0.4, 0.5) is 0 Å². The van der Waals surface area contributed by atoms with E-state index >= 15 is 0 Å². The predicted octanol–water partition coefficient (Wildman–Crippen LogP) is 2.97. The number of hydrogen-bond acceptors (Lipinski definition) is 6. The van der Waals surface area contributed by atoms with Crippen LogP contribution in [0.1, 0.15) is 16.1 Å². The van der Waals surface area contributed by atoms with Gasteiger partial charge in [0.1, 0.15) is 11.4 Å². The smallest absolute Gasteiger partial charge is 0.287 e. The van der Waals surface area contributed by atoms with Gasteiger partial charge >= 0.3 is 0 Å². The highest BCUT2D eigenvalue weighted by atomic mass is 16.5. The Hall–Kier alpha value is -3.68. The topological polar surface area (TPSA) is 94.2 Å². The van der Waals surface area contributed by atoms with E-state index in [4.69, 9.17) is 18.9 Å². The van der Waals surface area contributed by atoms with Crippen LogP contribution in [0.3, 0.4) is 0 Å². The van der Waals surface area contributed by atoms with Gasteiger partial charge < -0.3 is 23.9 Å². The Morgan fingerprint density at radius 2 is 1.75 bits per heavy atom. The van der Waals surface area contributed by atoms with Crippen molar-refractivity contribution in [3.63, 3.8) is 0 Å². The molecular formula is C20H21N3O5. The number of hydrogen-bond donors (Lipinski definition) is 2. The summed E-state index contributed by atoms with van der Waals surface area (Å²) in [6, 6.07) is 10.8. The van der Waals surface area contributed by atoms with Gasteiger partial charge in [0, 0.05) is 22.5 Å². The van der Waals surface area contributed by atoms with E-state index in [0.717, 1.165) is 10.9 Å². The molecule has 0 aliphatic heterocycles. The van der Waals surface area contributed by atoms with Crippen molar-refractivity contribution in [2.24, 2.45) is 5.10 Å². The van der Waals surface area contributed by atoms with E-state index in [9.17, 15) is 4.79 Å². The van der Waals surface area contributed by atoms with Gasteiger partial charge in [0.2, 0.25) is 5.75 Å². The number of aromatic nitrogens is 1. The molecule has 2 aromatic carbocycles. The van der Waals surface area contributed by atoms with Crippen molar-refractivity contribution >= 4 is 23.0 Å². The largest absolute Gasteiger partial charge is 0.497 e. The fraction of sp³-hybridized carbons (Fsp3) is 0.200. The van der Waals surface area contributed by atoms with Crippen LogP contribution < -0.4 is 24.4 Å². The normalized spacial score (nSPS) is 10.9. The SMILES string of the molecule is COc1ccc2cc(C(=O)N/N=C\c3ccc(OC)c(OC)c3OC)[nH]c2c1. The Bertz CT molecular complexity index is 1030. The van der Waals surface area contributed by atoms with Gasteiger partial charge in [-0.3, -0.25) is 4.79 Å². The summed E-state index contributed by atoms with van der Waals surface area (Å²) in [5, 5.41) is 4.92. The number of nitrogens with one attached hydrogen (secondary N) is 2. The molecule has 8 heteroatoms. The van der Waals surface area contributed by atoms with Crippen molar-refractivity contribution in [1.82, 2.24) is 10.4 Å². The average molecular weight is 383 g/mol. The molecule has 0 fully saturated rings. The fourth-order valence-electron chi connectivity index (χ4n) is 2.80. The second kappa shape index (κ2) is 8.34. The van der Waals surface area contributed by atoms with E-state index in [0.29, 0.717) is 34.3 Å². The zero-order valence-corrected chi connectivity index (χ0v) is 16.0. The molecule has 0 saturated carbocycles. The third kappa shape index (κ3) is 3.71. The van der Waals surface area contributed by atoms with Crippen molar-refractivity contribution in [1.29, 1.82) is 0 Å². The second-order valence-electron chi connectivity index (χ2n) is 5.76. The number of nitrogens with zero attached hydrogens (tertiary/aromatic N) is 1. The van der Waals surface area contributed by atoms with E-state index < -0.39 is 0 Å². The van der Waals surface area contributed by atoms with Crippen molar-refractivity contribution < 1.29 is 23.7 Å². The van der Waals surface area contributed by atoms with Crippen LogP contribution in [-0.4, -0.2) is 45.5 Å². The van der Waals surface area contributed by atoms with Gasteiger partial charge in [-0.15, -0.1) is 0 Å². The van der Waals surface area contributed by atoms with Crippen LogP contribution >= 0.6 is 0 Å². The number of hydrazone groups is 1. The first kappa shape index (κ1) is 19.1. The summed E-state index contributed by atoms with van der Waals surface area (Å²) in [7, 11) is 6.18. The summed E-state index contributed by atoms with van der Waals surface area (Å²) >= 11 is 0. The predicted molar refractivity (Wildman–Crippen MR) is 106 cm³/mol. The molecular weight excluding hydrogens is 362 g/mol. The van der Waals surface area contributed by atoms with Gasteiger partial charge in [0.05, 0.1) is 34.7 Å². The monoisotopic (exact) mass is 383 g/mol. The van der Waals surface area contributed by atoms with Crippen molar-refractivity contribution in [3.05, 3.63) is 47.7 Å². The van der Waals surface area contributed by atoms with E-state index in [2.05, 4.69) is 15.5 Å². The van der Waals surface area contributed by atoms with Crippen LogP contribution in [0.25, 0.3) is 10.9 Å². The number of carbonyl (C=O) groups is 1. The molecule has 1 aromatic heterocycles. The number of rotatable bonds is 7. The van der Waals surface area contributed by atoms with Gasteiger partial charge in [-0.2, -0.15) is 5.10 Å². The quantitative estimate of drug-likeness (QED) is 0.483. The summed E-state index contributed by atoms with van der Waals surface area (Å²) in [5.74, 6) is 1.78. The minimum atomic E-state index is -0.370. The first-order valence-electron chi connectivity index (χ1n) is 8.40. The Morgan fingerprint density at radius 3 is 2.43 bits per heavy atom. The molecule has 2 N–H and O–H groups in total. The summed E-state index contributed by atoms with van der Waals surface area (Å²) in [4.78, 5) is 15.4. The highest BCUT2D eigenvalue weighted by Gasteiger charge is 2.15. The molecule has 0 aliphatic carbocycles. The number of fused-ring (bicyclic) bond motifs is 1. The molecule has 0 unspecified atom stereocenters. The maximum Gasteiger partial charge on any atom is 0.287 e. The maximum absolute atomic E-state index is 12.4. The van der Waals surface area contributed by atoms with Crippen LogP contribution in [-0.2, 0) is 0 Å². The average Bonchev–Trinajstić information content (AvgIpc) is 3.16. The second-order valence-corrected chi connectivity index (χ2v) is 5.76. The lowest BCUT2D eigenvalue weighted by molar-refractivity contribution is 0.0951. The van der Waals surface area contributed by atoms with Crippen LogP contribution in [0.5, 0.6) is 23.0 Å². The van der Waals surface area contributed by atoms with Crippen molar-refractivity contribution in [2.45, 2.75) is 0 Å². The molecule has 0 bridgehead atoms. The van der Waals surface area contributed by atoms with Gasteiger partial charge in [0.15, 0.2) is 11.5 Å². The number of carbonyl (C=O) groups excluding carboxylic acids is 1. The Morgan fingerprint density at radius 1 is 0.964 bits per heavy atom. The highest BCUT2D eigenvalue weighted by Crippen LogP contribution is 2.38. The standard InChI is InChI=1S/C20H21N3O5/c1-25-14-7-5-12-9-16(22-15(12)10-14)20(24)23-21-11-13-6-8-17(26-2)19(28-4)18(13)27-3/h5-11,22H,1-4H3,(H,23,24)/b21-11-. The van der Waals surface area contributed by atoms with E-state index in [1.807, 2.05) is 18.2 Å². The lowest BCUT2D eigenvalue weighted by Gasteiger charge is -2.13. The van der Waals surface area contributed by atoms with E-state index in [1.54, 1.807) is 32.4 Å². The Balaban J connectivity index is 1.78. The molecule has 1 amide bonds. The van der Waals surface area contributed by atoms with Crippen molar-refractivity contribution in [2.75, 3.05) is 28.4 Å². The molecule has 3 aromatic rings. The molecule has 1 heterocycles. The van der Waals surface area contributed by atoms with Crippen LogP contribution in [0, 0.1) is 0 Å². The molecule has 146 valence electrons. The molecule has 0 radical (unpaired) electrons. The van der Waals surface area contributed by atoms with Gasteiger partial charge in [-0.25, -0.2) is 5.43 Å². The van der Waals surface area contributed by atoms with Crippen LogP contribution in [0.2, 0.25) is 0 Å². The van der Waals surface area contributed by atoms with Crippen molar-refractivity contribution in [3.8, 4) is 23.0 Å². The summed E-state index contributed by atoms with van der Waals surface area (Å²) in [6.45, 7) is 0. The lowest BCUT2D eigenvalue weighted by Crippen LogP contribution is -2.18. The number of methoxy groups -OCH3 is 4. The lowest BCUT2D eigenvalue weighted by atomic mass is 10.2. The number of H-pyrrole nitrogens is 1. The van der Waals surface area contributed by atoms with Gasteiger partial charge in [-0.1, -0.05) is 0 Å². The molecule has 8 nitrogen and oxygen atoms in total.